The first kappa shape index (κ1) is 11.3. The SMILES string of the molecule is Cl.NCC(=O)Nn1cccc1Cl. The molecule has 0 spiro atoms. The Balaban J connectivity index is 0.00000121. The van der Waals surface area contributed by atoms with Crippen LogP contribution in [0.4, 0.5) is 0 Å². The summed E-state index contributed by atoms with van der Waals surface area (Å²) >= 11 is 5.65. The van der Waals surface area contributed by atoms with E-state index in [-0.39, 0.29) is 24.9 Å². The number of hydrogen-bond acceptors (Lipinski definition) is 2. The molecule has 1 aromatic rings. The molecule has 0 aromatic carbocycles. The van der Waals surface area contributed by atoms with Crippen LogP contribution < -0.4 is 11.2 Å². The van der Waals surface area contributed by atoms with Crippen LogP contribution in [0.15, 0.2) is 18.3 Å². The van der Waals surface area contributed by atoms with Crippen LogP contribution >= 0.6 is 24.0 Å². The molecule has 4 nitrogen and oxygen atoms in total. The van der Waals surface area contributed by atoms with Crippen molar-refractivity contribution >= 4 is 29.9 Å². The number of aromatic nitrogens is 1. The topological polar surface area (TPSA) is 60.1 Å². The van der Waals surface area contributed by atoms with Crippen molar-refractivity contribution in [2.75, 3.05) is 12.0 Å². The molecule has 3 N–H and O–H groups in total. The van der Waals surface area contributed by atoms with Crippen LogP contribution in [-0.4, -0.2) is 17.1 Å². The molecule has 0 atom stereocenters. The Morgan fingerprint density at radius 2 is 2.42 bits per heavy atom. The summed E-state index contributed by atoms with van der Waals surface area (Å²) in [5.41, 5.74) is 7.53. The maximum absolute atomic E-state index is 10.7. The Morgan fingerprint density at radius 1 is 1.75 bits per heavy atom. The molecule has 0 aliphatic rings. The van der Waals surface area contributed by atoms with Crippen LogP contribution in [0.3, 0.4) is 0 Å². The van der Waals surface area contributed by atoms with Gasteiger partial charge in [-0.3, -0.25) is 10.2 Å². The molecule has 0 aliphatic carbocycles. The van der Waals surface area contributed by atoms with E-state index in [0.29, 0.717) is 5.15 Å². The molecule has 12 heavy (non-hydrogen) atoms. The molecule has 0 saturated heterocycles. The monoisotopic (exact) mass is 209 g/mol. The summed E-state index contributed by atoms with van der Waals surface area (Å²) in [6.07, 6.45) is 1.63. The van der Waals surface area contributed by atoms with E-state index in [2.05, 4.69) is 5.43 Å². The van der Waals surface area contributed by atoms with Gasteiger partial charge in [0.15, 0.2) is 0 Å². The van der Waals surface area contributed by atoms with Crippen molar-refractivity contribution in [3.63, 3.8) is 0 Å². The molecule has 0 fully saturated rings. The first-order valence-corrected chi connectivity index (χ1v) is 3.44. The second-order valence-electron chi connectivity index (χ2n) is 1.94. The fourth-order valence-electron chi connectivity index (χ4n) is 0.631. The maximum Gasteiger partial charge on any atom is 0.252 e. The Morgan fingerprint density at radius 3 is 2.83 bits per heavy atom. The summed E-state index contributed by atoms with van der Waals surface area (Å²) in [6, 6.07) is 3.39. The minimum absolute atomic E-state index is 0. The fraction of sp³-hybridized carbons (Fsp3) is 0.167. The largest absolute Gasteiger partial charge is 0.322 e. The predicted octanol–water partition coefficient (Wildman–Crippen LogP) is 0.592. The van der Waals surface area contributed by atoms with Gasteiger partial charge in [0.1, 0.15) is 5.15 Å². The highest BCUT2D eigenvalue weighted by molar-refractivity contribution is 6.29. The molecule has 1 amide bonds. The van der Waals surface area contributed by atoms with Gasteiger partial charge in [0.2, 0.25) is 0 Å². The van der Waals surface area contributed by atoms with Crippen molar-refractivity contribution in [1.29, 1.82) is 0 Å². The Bertz CT molecular complexity index is 261. The van der Waals surface area contributed by atoms with Gasteiger partial charge < -0.3 is 5.73 Å². The van der Waals surface area contributed by atoms with E-state index in [4.69, 9.17) is 17.3 Å². The molecule has 1 aromatic heterocycles. The van der Waals surface area contributed by atoms with Crippen molar-refractivity contribution in [2.24, 2.45) is 5.73 Å². The number of amides is 1. The van der Waals surface area contributed by atoms with E-state index in [1.165, 1.54) is 4.68 Å². The molecule has 68 valence electrons. The van der Waals surface area contributed by atoms with Gasteiger partial charge in [0, 0.05) is 6.20 Å². The Hall–Kier alpha value is -0.710. The minimum atomic E-state index is -0.275. The Kier molecular flexibility index (Phi) is 4.73. The number of hydrogen-bond donors (Lipinski definition) is 2. The molecular weight excluding hydrogens is 201 g/mol. The minimum Gasteiger partial charge on any atom is -0.322 e. The summed E-state index contributed by atoms with van der Waals surface area (Å²) in [4.78, 5) is 10.7. The lowest BCUT2D eigenvalue weighted by Crippen LogP contribution is -2.28. The number of rotatable bonds is 2. The summed E-state index contributed by atoms with van der Waals surface area (Å²) in [7, 11) is 0. The molecule has 0 radical (unpaired) electrons. The molecule has 1 heterocycles. The smallest absolute Gasteiger partial charge is 0.252 e. The van der Waals surface area contributed by atoms with Crippen LogP contribution in [0.1, 0.15) is 0 Å². The number of carbonyl (C=O) groups excluding carboxylic acids is 1. The molecule has 0 aliphatic heterocycles. The summed E-state index contributed by atoms with van der Waals surface area (Å²) in [5, 5.41) is 0.451. The van der Waals surface area contributed by atoms with E-state index in [1.54, 1.807) is 18.3 Å². The van der Waals surface area contributed by atoms with E-state index < -0.39 is 0 Å². The zero-order chi connectivity index (χ0) is 8.27. The molecule has 0 saturated carbocycles. The van der Waals surface area contributed by atoms with Gasteiger partial charge in [0.25, 0.3) is 5.91 Å². The highest BCUT2D eigenvalue weighted by Gasteiger charge is 1.99. The summed E-state index contributed by atoms with van der Waals surface area (Å²) in [6.45, 7) is -0.0471. The number of nitrogens with zero attached hydrogens (tertiary/aromatic N) is 1. The van der Waals surface area contributed by atoms with Gasteiger partial charge in [-0.25, -0.2) is 4.68 Å². The van der Waals surface area contributed by atoms with Crippen LogP contribution in [0.5, 0.6) is 0 Å². The van der Waals surface area contributed by atoms with E-state index >= 15 is 0 Å². The van der Waals surface area contributed by atoms with Crippen LogP contribution in [0.2, 0.25) is 5.15 Å². The lowest BCUT2D eigenvalue weighted by molar-refractivity contribution is -0.115. The van der Waals surface area contributed by atoms with Crippen LogP contribution in [0.25, 0.3) is 0 Å². The first-order valence-electron chi connectivity index (χ1n) is 3.07. The second-order valence-corrected chi connectivity index (χ2v) is 2.33. The average molecular weight is 210 g/mol. The molecule has 6 heteroatoms. The van der Waals surface area contributed by atoms with Gasteiger partial charge in [-0.2, -0.15) is 0 Å². The standard InChI is InChI=1S/C6H8ClN3O.ClH/c7-5-2-1-3-10(5)9-6(11)4-8;/h1-3H,4,8H2,(H,9,11);1H. The van der Waals surface area contributed by atoms with Gasteiger partial charge >= 0.3 is 0 Å². The lowest BCUT2D eigenvalue weighted by Gasteiger charge is -2.04. The van der Waals surface area contributed by atoms with E-state index in [9.17, 15) is 4.79 Å². The maximum atomic E-state index is 10.7. The highest BCUT2D eigenvalue weighted by atomic mass is 35.5. The summed E-state index contributed by atoms with van der Waals surface area (Å²) < 4.78 is 1.40. The second kappa shape index (κ2) is 5.03. The third-order valence-electron chi connectivity index (χ3n) is 1.13. The van der Waals surface area contributed by atoms with Gasteiger partial charge in [-0.05, 0) is 12.1 Å². The van der Waals surface area contributed by atoms with Crippen LogP contribution in [0, 0.1) is 0 Å². The predicted molar refractivity (Wildman–Crippen MR) is 50.1 cm³/mol. The molecule has 0 unspecified atom stereocenters. The quantitative estimate of drug-likeness (QED) is 0.750. The molecular formula is C6H9Cl2N3O. The van der Waals surface area contributed by atoms with Crippen molar-refractivity contribution in [3.05, 3.63) is 23.5 Å². The van der Waals surface area contributed by atoms with E-state index in [1.807, 2.05) is 0 Å². The highest BCUT2D eigenvalue weighted by Crippen LogP contribution is 2.05. The molecule has 0 bridgehead atoms. The molecule has 1 rings (SSSR count). The Labute approximate surface area is 81.1 Å². The van der Waals surface area contributed by atoms with E-state index in [0.717, 1.165) is 0 Å². The van der Waals surface area contributed by atoms with Crippen molar-refractivity contribution < 1.29 is 4.79 Å². The number of halogens is 2. The number of nitrogens with two attached hydrogens (primary N) is 1. The van der Waals surface area contributed by atoms with Gasteiger partial charge in [0.05, 0.1) is 6.54 Å². The summed E-state index contributed by atoms with van der Waals surface area (Å²) in [5.74, 6) is -0.275. The van der Waals surface area contributed by atoms with Crippen molar-refractivity contribution in [3.8, 4) is 0 Å². The van der Waals surface area contributed by atoms with Crippen molar-refractivity contribution in [1.82, 2.24) is 4.68 Å². The van der Waals surface area contributed by atoms with Crippen LogP contribution in [-0.2, 0) is 4.79 Å². The normalized spacial score (nSPS) is 8.83. The zero-order valence-corrected chi connectivity index (χ0v) is 7.73. The number of nitrogens with one attached hydrogen (secondary N) is 1. The third kappa shape index (κ3) is 2.73. The fourth-order valence-corrected chi connectivity index (χ4v) is 0.802. The zero-order valence-electron chi connectivity index (χ0n) is 6.16. The number of carbonyl (C=O) groups is 1. The first-order chi connectivity index (χ1) is 5.24. The van der Waals surface area contributed by atoms with Crippen molar-refractivity contribution in [2.45, 2.75) is 0 Å². The third-order valence-corrected chi connectivity index (χ3v) is 1.44. The van der Waals surface area contributed by atoms with Gasteiger partial charge in [-0.15, -0.1) is 12.4 Å². The lowest BCUT2D eigenvalue weighted by atomic mass is 10.6. The van der Waals surface area contributed by atoms with Gasteiger partial charge in [-0.1, -0.05) is 11.6 Å². The average Bonchev–Trinajstić information content (AvgIpc) is 2.37.